The monoisotopic (exact) mass is 278 g/mol. The SMILES string of the molecule is CC(C)(C)OC(=O)N1CCC2(CC2)C2=C1N(O)C=CC2. The molecule has 1 saturated carbocycles. The van der Waals surface area contributed by atoms with E-state index < -0.39 is 5.60 Å². The number of nitrogens with zero attached hydrogens (tertiary/aromatic N) is 2. The lowest BCUT2D eigenvalue weighted by atomic mass is 9.85. The summed E-state index contributed by atoms with van der Waals surface area (Å²) in [6.45, 7) is 6.16. The predicted octanol–water partition coefficient (Wildman–Crippen LogP) is 3.23. The quantitative estimate of drug-likeness (QED) is 0.739. The normalized spacial score (nSPS) is 24.0. The molecule has 0 atom stereocenters. The molecule has 0 radical (unpaired) electrons. The lowest BCUT2D eigenvalue weighted by Crippen LogP contribution is -2.45. The van der Waals surface area contributed by atoms with Crippen molar-refractivity contribution in [3.63, 3.8) is 0 Å². The van der Waals surface area contributed by atoms with Gasteiger partial charge in [0.05, 0.1) is 0 Å². The second-order valence-electron chi connectivity index (χ2n) is 6.90. The fourth-order valence-corrected chi connectivity index (χ4v) is 3.09. The van der Waals surface area contributed by atoms with Crippen LogP contribution in [0.25, 0.3) is 0 Å². The maximum Gasteiger partial charge on any atom is 0.416 e. The highest BCUT2D eigenvalue weighted by atomic mass is 16.6. The molecule has 1 fully saturated rings. The number of hydrogen-bond acceptors (Lipinski definition) is 4. The first kappa shape index (κ1) is 13.5. The Balaban J connectivity index is 1.91. The van der Waals surface area contributed by atoms with Gasteiger partial charge < -0.3 is 4.74 Å². The zero-order chi connectivity index (χ0) is 14.5. The van der Waals surface area contributed by atoms with Crippen LogP contribution in [0, 0.1) is 5.41 Å². The van der Waals surface area contributed by atoms with E-state index in [9.17, 15) is 10.0 Å². The molecule has 2 heterocycles. The Kier molecular flexibility index (Phi) is 2.87. The van der Waals surface area contributed by atoms with Gasteiger partial charge in [0.25, 0.3) is 0 Å². The molecule has 2 aliphatic heterocycles. The number of rotatable bonds is 0. The third kappa shape index (κ3) is 2.20. The summed E-state index contributed by atoms with van der Waals surface area (Å²) in [5, 5.41) is 11.2. The summed E-state index contributed by atoms with van der Waals surface area (Å²) in [5.74, 6) is 0.616. The van der Waals surface area contributed by atoms with Crippen molar-refractivity contribution in [1.82, 2.24) is 9.96 Å². The first-order valence-corrected chi connectivity index (χ1v) is 7.21. The van der Waals surface area contributed by atoms with Crippen molar-refractivity contribution in [2.24, 2.45) is 5.41 Å². The molecule has 0 unspecified atom stereocenters. The van der Waals surface area contributed by atoms with Crippen LogP contribution in [0.1, 0.15) is 46.5 Å². The van der Waals surface area contributed by atoms with Crippen LogP contribution in [0.3, 0.4) is 0 Å². The van der Waals surface area contributed by atoms with Crippen molar-refractivity contribution in [2.75, 3.05) is 6.54 Å². The number of fused-ring (bicyclic) bond motifs is 1. The molecule has 1 amide bonds. The van der Waals surface area contributed by atoms with Crippen LogP contribution in [-0.4, -0.2) is 33.4 Å². The first-order chi connectivity index (χ1) is 9.32. The molecular weight excluding hydrogens is 256 g/mol. The number of carbonyl (C=O) groups is 1. The summed E-state index contributed by atoms with van der Waals surface area (Å²) in [7, 11) is 0. The molecule has 0 aromatic heterocycles. The van der Waals surface area contributed by atoms with E-state index >= 15 is 0 Å². The van der Waals surface area contributed by atoms with Crippen LogP contribution < -0.4 is 0 Å². The number of carbonyl (C=O) groups excluding carboxylic acids is 1. The highest BCUT2D eigenvalue weighted by Gasteiger charge is 2.52. The molecule has 5 nitrogen and oxygen atoms in total. The van der Waals surface area contributed by atoms with Gasteiger partial charge in [-0.05, 0) is 57.4 Å². The van der Waals surface area contributed by atoms with E-state index in [4.69, 9.17) is 4.74 Å². The zero-order valence-electron chi connectivity index (χ0n) is 12.3. The van der Waals surface area contributed by atoms with Crippen molar-refractivity contribution < 1.29 is 14.7 Å². The predicted molar refractivity (Wildman–Crippen MR) is 73.6 cm³/mol. The highest BCUT2D eigenvalue weighted by molar-refractivity contribution is 5.71. The average molecular weight is 278 g/mol. The summed E-state index contributed by atoms with van der Waals surface area (Å²) in [4.78, 5) is 13.9. The van der Waals surface area contributed by atoms with Gasteiger partial charge in [0.2, 0.25) is 0 Å². The number of amides is 1. The van der Waals surface area contributed by atoms with Gasteiger partial charge in [-0.1, -0.05) is 6.08 Å². The Labute approximate surface area is 119 Å². The van der Waals surface area contributed by atoms with Crippen LogP contribution in [0.15, 0.2) is 23.7 Å². The van der Waals surface area contributed by atoms with Crippen molar-refractivity contribution in [3.05, 3.63) is 23.7 Å². The summed E-state index contributed by atoms with van der Waals surface area (Å²) in [6.07, 6.45) is 7.27. The third-order valence-electron chi connectivity index (χ3n) is 4.23. The van der Waals surface area contributed by atoms with Gasteiger partial charge in [-0.3, -0.25) is 10.1 Å². The minimum Gasteiger partial charge on any atom is -0.443 e. The molecule has 3 rings (SSSR count). The van der Waals surface area contributed by atoms with E-state index in [0.29, 0.717) is 12.4 Å². The number of ether oxygens (including phenoxy) is 1. The summed E-state index contributed by atoms with van der Waals surface area (Å²) in [6, 6.07) is 0. The molecule has 110 valence electrons. The van der Waals surface area contributed by atoms with Gasteiger partial charge in [0, 0.05) is 12.7 Å². The van der Waals surface area contributed by atoms with E-state index in [0.717, 1.165) is 30.7 Å². The van der Waals surface area contributed by atoms with Crippen molar-refractivity contribution in [2.45, 2.75) is 52.1 Å². The first-order valence-electron chi connectivity index (χ1n) is 7.21. The smallest absolute Gasteiger partial charge is 0.416 e. The van der Waals surface area contributed by atoms with E-state index in [1.54, 1.807) is 11.1 Å². The van der Waals surface area contributed by atoms with E-state index in [2.05, 4.69) is 0 Å². The Morgan fingerprint density at radius 3 is 2.65 bits per heavy atom. The molecule has 5 heteroatoms. The second kappa shape index (κ2) is 4.25. The molecule has 0 aromatic rings. The molecule has 20 heavy (non-hydrogen) atoms. The van der Waals surface area contributed by atoms with Crippen LogP contribution in [0.4, 0.5) is 4.79 Å². The van der Waals surface area contributed by atoms with Gasteiger partial charge in [-0.2, -0.15) is 0 Å². The van der Waals surface area contributed by atoms with E-state index in [1.807, 2.05) is 26.8 Å². The Hall–Kier alpha value is -1.49. The van der Waals surface area contributed by atoms with Crippen LogP contribution in [-0.2, 0) is 4.74 Å². The second-order valence-corrected chi connectivity index (χ2v) is 6.90. The molecule has 3 aliphatic rings. The largest absolute Gasteiger partial charge is 0.443 e. The number of hydrogen-bond donors (Lipinski definition) is 1. The van der Waals surface area contributed by atoms with Gasteiger partial charge in [0.15, 0.2) is 0 Å². The van der Waals surface area contributed by atoms with Crippen LogP contribution in [0.5, 0.6) is 0 Å². The highest BCUT2D eigenvalue weighted by Crippen LogP contribution is 2.59. The van der Waals surface area contributed by atoms with Gasteiger partial charge >= 0.3 is 6.09 Å². The van der Waals surface area contributed by atoms with Crippen molar-refractivity contribution in [3.8, 4) is 0 Å². The number of allylic oxidation sites excluding steroid dienone is 2. The molecule has 0 aromatic carbocycles. The molecule has 0 bridgehead atoms. The van der Waals surface area contributed by atoms with Crippen molar-refractivity contribution in [1.29, 1.82) is 0 Å². The maximum atomic E-state index is 12.4. The topological polar surface area (TPSA) is 53.0 Å². The third-order valence-corrected chi connectivity index (χ3v) is 4.23. The van der Waals surface area contributed by atoms with Crippen molar-refractivity contribution >= 4 is 6.09 Å². The van der Waals surface area contributed by atoms with Gasteiger partial charge in [0.1, 0.15) is 11.4 Å². The Morgan fingerprint density at radius 1 is 1.35 bits per heavy atom. The minimum absolute atomic E-state index is 0.222. The Bertz CT molecular complexity index is 498. The summed E-state index contributed by atoms with van der Waals surface area (Å²) < 4.78 is 5.45. The minimum atomic E-state index is -0.530. The summed E-state index contributed by atoms with van der Waals surface area (Å²) in [5.41, 5.74) is 0.872. The molecule has 1 aliphatic carbocycles. The fourth-order valence-electron chi connectivity index (χ4n) is 3.09. The molecule has 1 N–H and O–H groups in total. The number of hydroxylamine groups is 2. The fraction of sp³-hybridized carbons (Fsp3) is 0.667. The van der Waals surface area contributed by atoms with Crippen LogP contribution >= 0.6 is 0 Å². The van der Waals surface area contributed by atoms with E-state index in [1.165, 1.54) is 5.57 Å². The summed E-state index contributed by atoms with van der Waals surface area (Å²) >= 11 is 0. The standard InChI is InChI=1S/C15H22N2O3/c1-14(2,3)20-13(18)16-10-8-15(6-7-15)11-5-4-9-17(19)12(11)16/h4,9,19H,5-8,10H2,1-3H3. The maximum absolute atomic E-state index is 12.4. The lowest BCUT2D eigenvalue weighted by molar-refractivity contribution is -0.0510. The van der Waals surface area contributed by atoms with Crippen LogP contribution in [0.2, 0.25) is 0 Å². The average Bonchev–Trinajstić information content (AvgIpc) is 3.09. The zero-order valence-corrected chi connectivity index (χ0v) is 12.3. The molecular formula is C15H22N2O3. The lowest BCUT2D eigenvalue weighted by Gasteiger charge is -2.40. The van der Waals surface area contributed by atoms with E-state index in [-0.39, 0.29) is 11.5 Å². The van der Waals surface area contributed by atoms with Gasteiger partial charge in [-0.25, -0.2) is 9.86 Å². The van der Waals surface area contributed by atoms with Gasteiger partial charge in [-0.15, -0.1) is 0 Å². The molecule has 1 spiro atoms. The Morgan fingerprint density at radius 2 is 2.05 bits per heavy atom. The molecule has 0 saturated heterocycles.